The minimum Gasteiger partial charge on any atom is -0.493 e. The second-order valence-electron chi connectivity index (χ2n) is 8.84. The average Bonchev–Trinajstić information content (AvgIpc) is 3.54. The van der Waals surface area contributed by atoms with Gasteiger partial charge in [0, 0.05) is 43.5 Å². The van der Waals surface area contributed by atoms with E-state index in [2.05, 4.69) is 20.1 Å². The first-order valence-corrected chi connectivity index (χ1v) is 12.2. The molecule has 1 aliphatic rings. The van der Waals surface area contributed by atoms with E-state index in [-0.39, 0.29) is 23.8 Å². The van der Waals surface area contributed by atoms with Crippen LogP contribution in [0.5, 0.6) is 11.5 Å². The van der Waals surface area contributed by atoms with Crippen molar-refractivity contribution in [2.45, 2.75) is 25.4 Å². The van der Waals surface area contributed by atoms with Gasteiger partial charge in [-0.05, 0) is 35.7 Å². The largest absolute Gasteiger partial charge is 0.493 e. The SMILES string of the molecule is CC(=O)O.COc1cc(C(Cc2ccc(C(=N)N)cc2)c2nn(-c3ncccn3)c(=O)[nH]2)cc2c1OCC2OC. The van der Waals surface area contributed by atoms with Gasteiger partial charge in [-0.1, -0.05) is 24.3 Å². The number of fused-ring (bicyclic) bond motifs is 1. The molecule has 2 unspecified atom stereocenters. The Kier molecular flexibility index (Phi) is 8.54. The molecule has 2 aromatic heterocycles. The predicted molar refractivity (Wildman–Crippen MR) is 144 cm³/mol. The molecule has 0 saturated carbocycles. The van der Waals surface area contributed by atoms with Crippen molar-refractivity contribution < 1.29 is 24.1 Å². The summed E-state index contributed by atoms with van der Waals surface area (Å²) in [7, 11) is 3.22. The highest BCUT2D eigenvalue weighted by Crippen LogP contribution is 2.44. The lowest BCUT2D eigenvalue weighted by Gasteiger charge is -2.18. The monoisotopic (exact) mass is 547 g/mol. The third-order valence-corrected chi connectivity index (χ3v) is 6.15. The molecule has 0 bridgehead atoms. The quantitative estimate of drug-likeness (QED) is 0.188. The number of nitrogens with zero attached hydrogens (tertiary/aromatic N) is 4. The highest BCUT2D eigenvalue weighted by Gasteiger charge is 2.31. The molecule has 2 atom stereocenters. The van der Waals surface area contributed by atoms with Crippen molar-refractivity contribution in [3.63, 3.8) is 0 Å². The third kappa shape index (κ3) is 6.15. The van der Waals surface area contributed by atoms with Crippen LogP contribution in [0.1, 0.15) is 47.0 Å². The number of aromatic amines is 1. The lowest BCUT2D eigenvalue weighted by atomic mass is 9.89. The van der Waals surface area contributed by atoms with E-state index < -0.39 is 11.7 Å². The van der Waals surface area contributed by atoms with E-state index in [4.69, 9.17) is 35.3 Å². The van der Waals surface area contributed by atoms with Gasteiger partial charge >= 0.3 is 5.69 Å². The lowest BCUT2D eigenvalue weighted by Crippen LogP contribution is -2.18. The maximum absolute atomic E-state index is 12.8. The van der Waals surface area contributed by atoms with Crippen LogP contribution in [0.3, 0.4) is 0 Å². The Hall–Kier alpha value is -5.04. The molecule has 0 saturated heterocycles. The van der Waals surface area contributed by atoms with Crippen LogP contribution in [-0.4, -0.2) is 62.5 Å². The normalized spacial score (nSPS) is 14.3. The van der Waals surface area contributed by atoms with Crippen LogP contribution in [0.15, 0.2) is 59.7 Å². The van der Waals surface area contributed by atoms with E-state index in [0.29, 0.717) is 35.9 Å². The molecule has 0 aliphatic carbocycles. The van der Waals surface area contributed by atoms with Crippen LogP contribution in [0.4, 0.5) is 0 Å². The molecule has 0 amide bonds. The molecule has 3 heterocycles. The number of amidine groups is 1. The van der Waals surface area contributed by atoms with Gasteiger partial charge in [0.25, 0.3) is 11.9 Å². The van der Waals surface area contributed by atoms with Crippen LogP contribution in [0, 0.1) is 5.41 Å². The highest BCUT2D eigenvalue weighted by atomic mass is 16.6. The van der Waals surface area contributed by atoms with Crippen LogP contribution >= 0.6 is 0 Å². The predicted octanol–water partition coefficient (Wildman–Crippen LogP) is 2.19. The average molecular weight is 548 g/mol. The fraction of sp³-hybridized carbons (Fsp3) is 0.259. The summed E-state index contributed by atoms with van der Waals surface area (Å²) in [5, 5.41) is 19.6. The first-order chi connectivity index (χ1) is 19.2. The Bertz CT molecular complexity index is 1550. The maximum atomic E-state index is 12.8. The van der Waals surface area contributed by atoms with E-state index in [1.54, 1.807) is 44.8 Å². The molecule has 0 radical (unpaired) electrons. The van der Waals surface area contributed by atoms with E-state index in [1.807, 2.05) is 24.3 Å². The van der Waals surface area contributed by atoms with Gasteiger partial charge < -0.3 is 25.1 Å². The standard InChI is InChI=1S/C25H25N7O4.C2H4O2/c1-34-19-12-16(11-18-20(35-2)13-36-21(18)19)17(10-14-4-6-15(7-5-14)22(26)27)23-30-25(33)32(31-23)24-28-8-3-9-29-24;1-2(3)4/h3-9,11-12,17,20H,10,13H2,1-2H3,(H3,26,27)(H,30,31,33);1H3,(H,3,4). The van der Waals surface area contributed by atoms with Crippen LogP contribution in [0.25, 0.3) is 5.95 Å². The molecule has 0 spiro atoms. The number of hydrogen-bond donors (Lipinski definition) is 4. The Labute approximate surface area is 229 Å². The summed E-state index contributed by atoms with van der Waals surface area (Å²) in [5.74, 6) is 0.648. The number of methoxy groups -OCH3 is 2. The number of nitrogens with two attached hydrogens (primary N) is 1. The van der Waals surface area contributed by atoms with Crippen molar-refractivity contribution >= 4 is 11.8 Å². The molecule has 2 aromatic carbocycles. The number of benzene rings is 2. The smallest absolute Gasteiger partial charge is 0.350 e. The second-order valence-corrected chi connectivity index (χ2v) is 8.84. The number of carboxylic acid groups (broad SMARTS) is 1. The van der Waals surface area contributed by atoms with E-state index in [1.165, 1.54) is 0 Å². The van der Waals surface area contributed by atoms with E-state index in [9.17, 15) is 4.79 Å². The zero-order valence-corrected chi connectivity index (χ0v) is 22.1. The summed E-state index contributed by atoms with van der Waals surface area (Å²) in [5.41, 5.74) is 8.51. The Morgan fingerprint density at radius 3 is 2.52 bits per heavy atom. The van der Waals surface area contributed by atoms with Crippen LogP contribution in [-0.2, 0) is 16.0 Å². The summed E-state index contributed by atoms with van der Waals surface area (Å²) in [4.78, 5) is 33.0. The Morgan fingerprint density at radius 1 is 1.25 bits per heavy atom. The fourth-order valence-electron chi connectivity index (χ4n) is 4.30. The number of aliphatic carboxylic acids is 1. The van der Waals surface area contributed by atoms with Gasteiger partial charge in [-0.25, -0.2) is 14.8 Å². The van der Waals surface area contributed by atoms with Crippen LogP contribution in [0.2, 0.25) is 0 Å². The number of ether oxygens (including phenoxy) is 3. The minimum atomic E-state index is -0.833. The number of rotatable bonds is 8. The molecule has 4 aromatic rings. The van der Waals surface area contributed by atoms with Crippen molar-refractivity contribution in [3.05, 3.63) is 93.4 Å². The minimum absolute atomic E-state index is 0.00185. The van der Waals surface area contributed by atoms with Gasteiger partial charge in [0.05, 0.1) is 7.11 Å². The van der Waals surface area contributed by atoms with Gasteiger partial charge in [-0.3, -0.25) is 15.2 Å². The van der Waals surface area contributed by atoms with Gasteiger partial charge in [-0.2, -0.15) is 0 Å². The molecule has 13 nitrogen and oxygen atoms in total. The highest BCUT2D eigenvalue weighted by molar-refractivity contribution is 5.94. The molecule has 13 heteroatoms. The molecular formula is C27H29N7O6. The molecular weight excluding hydrogens is 518 g/mol. The van der Waals surface area contributed by atoms with Crippen molar-refractivity contribution in [2.75, 3.05) is 20.8 Å². The number of carbonyl (C=O) groups is 1. The van der Waals surface area contributed by atoms with Gasteiger partial charge in [-0.15, -0.1) is 9.78 Å². The maximum Gasteiger partial charge on any atom is 0.350 e. The first kappa shape index (κ1) is 28.0. The summed E-state index contributed by atoms with van der Waals surface area (Å²) in [6, 6.07) is 13.0. The number of nitrogens with one attached hydrogen (secondary N) is 2. The van der Waals surface area contributed by atoms with Gasteiger partial charge in [0.1, 0.15) is 24.4 Å². The molecule has 5 rings (SSSR count). The summed E-state index contributed by atoms with van der Waals surface area (Å²) in [6.45, 7) is 1.47. The number of hydrogen-bond acceptors (Lipinski definition) is 9. The van der Waals surface area contributed by atoms with Crippen LogP contribution < -0.4 is 20.9 Å². The fourth-order valence-corrected chi connectivity index (χ4v) is 4.30. The zero-order valence-electron chi connectivity index (χ0n) is 22.1. The molecule has 1 aliphatic heterocycles. The van der Waals surface area contributed by atoms with E-state index >= 15 is 0 Å². The first-order valence-electron chi connectivity index (χ1n) is 12.2. The molecule has 208 valence electrons. The van der Waals surface area contributed by atoms with E-state index in [0.717, 1.165) is 28.3 Å². The number of aromatic nitrogens is 5. The Morgan fingerprint density at radius 2 is 1.93 bits per heavy atom. The van der Waals surface area contributed by atoms with Crippen molar-refractivity contribution in [3.8, 4) is 17.4 Å². The zero-order chi connectivity index (χ0) is 28.8. The summed E-state index contributed by atoms with van der Waals surface area (Å²) >= 11 is 0. The lowest BCUT2D eigenvalue weighted by molar-refractivity contribution is -0.134. The molecule has 5 N–H and O–H groups in total. The van der Waals surface area contributed by atoms with Crippen molar-refractivity contribution in [1.29, 1.82) is 5.41 Å². The van der Waals surface area contributed by atoms with Crippen molar-refractivity contribution in [2.24, 2.45) is 5.73 Å². The third-order valence-electron chi connectivity index (χ3n) is 6.15. The van der Waals surface area contributed by atoms with Crippen molar-refractivity contribution in [1.82, 2.24) is 24.7 Å². The number of nitrogen functional groups attached to an aromatic ring is 1. The topological polar surface area (TPSA) is 191 Å². The summed E-state index contributed by atoms with van der Waals surface area (Å²) in [6.07, 6.45) is 3.36. The summed E-state index contributed by atoms with van der Waals surface area (Å²) < 4.78 is 18.2. The Balaban J connectivity index is 0.000000867. The number of H-pyrrole nitrogens is 1. The number of carboxylic acids is 1. The second kappa shape index (κ2) is 12.2. The molecule has 0 fully saturated rings. The van der Waals surface area contributed by atoms with Gasteiger partial charge in [0.2, 0.25) is 0 Å². The molecule has 40 heavy (non-hydrogen) atoms. The van der Waals surface area contributed by atoms with Gasteiger partial charge in [0.15, 0.2) is 11.5 Å².